The quantitative estimate of drug-likeness (QED) is 0.323. The fourth-order valence-electron chi connectivity index (χ4n) is 4.28. The first kappa shape index (κ1) is 26.8. The van der Waals surface area contributed by atoms with Gasteiger partial charge in [0.15, 0.2) is 0 Å². The number of carbonyl (C=O) groups excluding carboxylic acids is 1. The van der Waals surface area contributed by atoms with E-state index in [1.54, 1.807) is 0 Å². The first-order chi connectivity index (χ1) is 16.1. The summed E-state index contributed by atoms with van der Waals surface area (Å²) in [6.45, 7) is -0.517. The molecular weight excluding hydrogens is 493 g/mol. The second-order valence-corrected chi connectivity index (χ2v) is 8.31. The van der Waals surface area contributed by atoms with Gasteiger partial charge in [-0.25, -0.2) is 0 Å². The Morgan fingerprint density at radius 2 is 1.46 bits per heavy atom. The lowest BCUT2D eigenvalue weighted by Crippen LogP contribution is -2.26. The number of hydrogen-bond acceptors (Lipinski definition) is 3. The molecule has 0 saturated carbocycles. The van der Waals surface area contributed by atoms with E-state index in [4.69, 9.17) is 0 Å². The number of halogens is 9. The van der Waals surface area contributed by atoms with Crippen molar-refractivity contribution in [3.05, 3.63) is 70.3 Å². The lowest BCUT2D eigenvalue weighted by atomic mass is 9.96. The standard InChI is InChI=1S/C23H20F9NO2/c1-35-20(34)9-13-8-19(14-2-4-16(5-3-14)21(24,25)26)33(11-13)12-15-10-17(22(27,28)29)6-7-18(15)23(30,31)32/h2-7,10,13,19H,8-9,11-12H2,1H3/t13-,19-/m0/s1. The molecule has 1 heterocycles. The molecular formula is C23H20F9NO2. The minimum atomic E-state index is -4.92. The third kappa shape index (κ3) is 6.47. The van der Waals surface area contributed by atoms with Crippen molar-refractivity contribution < 1.29 is 49.0 Å². The fourth-order valence-corrected chi connectivity index (χ4v) is 4.28. The average molecular weight is 513 g/mol. The van der Waals surface area contributed by atoms with Gasteiger partial charge < -0.3 is 4.74 Å². The van der Waals surface area contributed by atoms with E-state index in [2.05, 4.69) is 4.74 Å². The Hall–Kier alpha value is -2.76. The van der Waals surface area contributed by atoms with Crippen LogP contribution in [-0.2, 0) is 34.6 Å². The van der Waals surface area contributed by atoms with Gasteiger partial charge in [-0.2, -0.15) is 39.5 Å². The van der Waals surface area contributed by atoms with Gasteiger partial charge in [-0.15, -0.1) is 0 Å². The van der Waals surface area contributed by atoms with E-state index < -0.39 is 65.3 Å². The van der Waals surface area contributed by atoms with Crippen molar-refractivity contribution in [2.24, 2.45) is 5.92 Å². The SMILES string of the molecule is COC(=O)C[C@@H]1C[C@@H](c2ccc(C(F)(F)F)cc2)N(Cc2cc(C(F)(F)F)ccc2C(F)(F)F)C1. The number of esters is 1. The Labute approximate surface area is 194 Å². The van der Waals surface area contributed by atoms with Crippen LogP contribution in [0.1, 0.15) is 46.7 Å². The summed E-state index contributed by atoms with van der Waals surface area (Å²) in [5, 5.41) is 0. The number of likely N-dealkylation sites (tertiary alicyclic amines) is 1. The molecule has 2 aromatic carbocycles. The van der Waals surface area contributed by atoms with Crippen LogP contribution in [0.4, 0.5) is 39.5 Å². The molecule has 1 saturated heterocycles. The summed E-state index contributed by atoms with van der Waals surface area (Å²) >= 11 is 0. The van der Waals surface area contributed by atoms with Gasteiger partial charge in [0.2, 0.25) is 0 Å². The number of hydrogen-bond donors (Lipinski definition) is 0. The highest BCUT2D eigenvalue weighted by molar-refractivity contribution is 5.69. The zero-order valence-electron chi connectivity index (χ0n) is 18.2. The molecule has 0 unspecified atom stereocenters. The molecule has 35 heavy (non-hydrogen) atoms. The van der Waals surface area contributed by atoms with Gasteiger partial charge in [-0.1, -0.05) is 12.1 Å². The van der Waals surface area contributed by atoms with Crippen molar-refractivity contribution in [3.63, 3.8) is 0 Å². The minimum Gasteiger partial charge on any atom is -0.469 e. The van der Waals surface area contributed by atoms with Crippen LogP contribution in [0.15, 0.2) is 42.5 Å². The second-order valence-electron chi connectivity index (χ2n) is 8.31. The van der Waals surface area contributed by atoms with Crippen molar-refractivity contribution in [3.8, 4) is 0 Å². The van der Waals surface area contributed by atoms with Crippen LogP contribution in [0, 0.1) is 5.92 Å². The second kappa shape index (κ2) is 9.71. The first-order valence-electron chi connectivity index (χ1n) is 10.3. The van der Waals surface area contributed by atoms with Crippen LogP contribution in [0.5, 0.6) is 0 Å². The monoisotopic (exact) mass is 513 g/mol. The predicted molar refractivity (Wildman–Crippen MR) is 106 cm³/mol. The Balaban J connectivity index is 1.99. The molecule has 0 N–H and O–H groups in total. The number of benzene rings is 2. The molecule has 192 valence electrons. The molecule has 1 aliphatic heterocycles. The number of ether oxygens (including phenoxy) is 1. The molecule has 0 bridgehead atoms. The summed E-state index contributed by atoms with van der Waals surface area (Å²) in [5.41, 5.74) is -3.70. The van der Waals surface area contributed by atoms with E-state index in [1.165, 1.54) is 17.0 Å². The highest BCUT2D eigenvalue weighted by Crippen LogP contribution is 2.42. The molecule has 0 radical (unpaired) electrons. The first-order valence-corrected chi connectivity index (χ1v) is 10.3. The molecule has 0 spiro atoms. The number of nitrogens with zero attached hydrogens (tertiary/aromatic N) is 1. The van der Waals surface area contributed by atoms with Gasteiger partial charge in [-0.05, 0) is 53.8 Å². The number of carbonyl (C=O) groups is 1. The number of alkyl halides is 9. The van der Waals surface area contributed by atoms with E-state index in [1.807, 2.05) is 0 Å². The molecule has 1 aliphatic rings. The van der Waals surface area contributed by atoms with Gasteiger partial charge >= 0.3 is 24.5 Å². The van der Waals surface area contributed by atoms with Crippen LogP contribution in [-0.4, -0.2) is 24.5 Å². The van der Waals surface area contributed by atoms with E-state index in [0.29, 0.717) is 23.8 Å². The molecule has 0 aromatic heterocycles. The van der Waals surface area contributed by atoms with Crippen LogP contribution in [0.2, 0.25) is 0 Å². The topological polar surface area (TPSA) is 29.5 Å². The maximum Gasteiger partial charge on any atom is 0.416 e. The minimum absolute atomic E-state index is 0.0360. The fraction of sp³-hybridized carbons (Fsp3) is 0.435. The summed E-state index contributed by atoms with van der Waals surface area (Å²) in [6.07, 6.45) is -14.3. The third-order valence-electron chi connectivity index (χ3n) is 5.91. The van der Waals surface area contributed by atoms with Crippen LogP contribution < -0.4 is 0 Å². The van der Waals surface area contributed by atoms with Gasteiger partial charge in [-0.3, -0.25) is 9.69 Å². The number of methoxy groups -OCH3 is 1. The van der Waals surface area contributed by atoms with Crippen molar-refractivity contribution >= 4 is 5.97 Å². The molecule has 3 rings (SSSR count). The largest absolute Gasteiger partial charge is 0.469 e. The predicted octanol–water partition coefficient (Wildman–Crippen LogP) is 6.87. The third-order valence-corrected chi connectivity index (χ3v) is 5.91. The van der Waals surface area contributed by atoms with Crippen LogP contribution >= 0.6 is 0 Å². The maximum absolute atomic E-state index is 13.6. The summed E-state index contributed by atoms with van der Waals surface area (Å²) in [4.78, 5) is 13.2. The van der Waals surface area contributed by atoms with Gasteiger partial charge in [0.05, 0.1) is 23.8 Å². The summed E-state index contributed by atoms with van der Waals surface area (Å²) in [6, 6.07) is 4.44. The lowest BCUT2D eigenvalue weighted by molar-refractivity contribution is -0.142. The number of rotatable bonds is 5. The van der Waals surface area contributed by atoms with Crippen molar-refractivity contribution in [1.82, 2.24) is 4.90 Å². The van der Waals surface area contributed by atoms with Gasteiger partial charge in [0, 0.05) is 25.6 Å². The maximum atomic E-state index is 13.6. The van der Waals surface area contributed by atoms with Crippen LogP contribution in [0.25, 0.3) is 0 Å². The summed E-state index contributed by atoms with van der Waals surface area (Å²) in [7, 11) is 1.15. The zero-order chi connectivity index (χ0) is 26.2. The Bertz CT molecular complexity index is 1040. The average Bonchev–Trinajstić information content (AvgIpc) is 3.13. The van der Waals surface area contributed by atoms with Crippen molar-refractivity contribution in [1.29, 1.82) is 0 Å². The van der Waals surface area contributed by atoms with Crippen LogP contribution in [0.3, 0.4) is 0 Å². The molecule has 2 aromatic rings. The lowest BCUT2D eigenvalue weighted by Gasteiger charge is -2.27. The van der Waals surface area contributed by atoms with E-state index >= 15 is 0 Å². The molecule has 1 fully saturated rings. The highest BCUT2D eigenvalue weighted by Gasteiger charge is 2.40. The normalized spacial score (nSPS) is 19.7. The highest BCUT2D eigenvalue weighted by atomic mass is 19.4. The van der Waals surface area contributed by atoms with E-state index in [9.17, 15) is 44.3 Å². The Morgan fingerprint density at radius 1 is 0.886 bits per heavy atom. The van der Waals surface area contributed by atoms with E-state index in [0.717, 1.165) is 19.2 Å². The summed E-state index contributed by atoms with van der Waals surface area (Å²) < 4.78 is 124. The zero-order valence-corrected chi connectivity index (χ0v) is 18.2. The Kier molecular flexibility index (Phi) is 7.45. The van der Waals surface area contributed by atoms with E-state index in [-0.39, 0.29) is 19.4 Å². The molecule has 0 aliphatic carbocycles. The van der Waals surface area contributed by atoms with Gasteiger partial charge in [0.1, 0.15) is 0 Å². The van der Waals surface area contributed by atoms with Crippen molar-refractivity contribution in [2.75, 3.05) is 13.7 Å². The summed E-state index contributed by atoms with van der Waals surface area (Å²) in [5.74, 6) is -1.01. The van der Waals surface area contributed by atoms with Crippen molar-refractivity contribution in [2.45, 2.75) is 44.0 Å². The molecule has 12 heteroatoms. The molecule has 3 nitrogen and oxygen atoms in total. The van der Waals surface area contributed by atoms with Gasteiger partial charge in [0.25, 0.3) is 0 Å². The molecule has 2 atom stereocenters. The Morgan fingerprint density at radius 3 is 1.97 bits per heavy atom. The smallest absolute Gasteiger partial charge is 0.416 e. The molecule has 0 amide bonds.